The summed E-state index contributed by atoms with van der Waals surface area (Å²) in [6, 6.07) is 11.1. The predicted molar refractivity (Wildman–Crippen MR) is 87.1 cm³/mol. The van der Waals surface area contributed by atoms with Gasteiger partial charge >= 0.3 is 0 Å². The van der Waals surface area contributed by atoms with Crippen LogP contribution in [0.15, 0.2) is 36.4 Å². The molecule has 0 aliphatic heterocycles. The molecule has 0 aliphatic rings. The summed E-state index contributed by atoms with van der Waals surface area (Å²) >= 11 is 1.33. The molecule has 0 bridgehead atoms. The molecule has 0 saturated carbocycles. The molecule has 104 valence electrons. The van der Waals surface area contributed by atoms with E-state index in [-0.39, 0.29) is 5.75 Å². The molecule has 0 radical (unpaired) electrons. The van der Waals surface area contributed by atoms with Crippen LogP contribution in [0.5, 0.6) is 5.75 Å². The minimum absolute atomic E-state index is 0.105. The number of fused-ring (bicyclic) bond motifs is 1. The van der Waals surface area contributed by atoms with E-state index in [2.05, 4.69) is 16.8 Å². The van der Waals surface area contributed by atoms with Crippen LogP contribution in [0.1, 0.15) is 11.1 Å². The summed E-state index contributed by atoms with van der Waals surface area (Å²) in [6.07, 6.45) is 0.606. The van der Waals surface area contributed by atoms with E-state index in [0.29, 0.717) is 17.1 Å². The summed E-state index contributed by atoms with van der Waals surface area (Å²) < 4.78 is 0.834. The molecule has 5 heteroatoms. The monoisotopic (exact) mass is 295 g/mol. The van der Waals surface area contributed by atoms with E-state index in [1.54, 1.807) is 6.07 Å². The van der Waals surface area contributed by atoms with Crippen LogP contribution in [0, 0.1) is 11.8 Å². The highest BCUT2D eigenvalue weighted by atomic mass is 32.1. The number of aromatic nitrogens is 1. The summed E-state index contributed by atoms with van der Waals surface area (Å²) in [5.74, 6) is 6.23. The van der Waals surface area contributed by atoms with Crippen molar-refractivity contribution in [2.45, 2.75) is 6.42 Å². The number of nitrogens with zero attached hydrogens (tertiary/aromatic N) is 1. The van der Waals surface area contributed by atoms with Crippen LogP contribution in [0.3, 0.4) is 0 Å². The second-order valence-electron chi connectivity index (χ2n) is 4.62. The van der Waals surface area contributed by atoms with Crippen molar-refractivity contribution in [1.82, 2.24) is 4.98 Å². The molecule has 1 aromatic heterocycles. The molecule has 21 heavy (non-hydrogen) atoms. The molecule has 0 saturated heterocycles. The molecule has 0 spiro atoms. The highest BCUT2D eigenvalue weighted by molar-refractivity contribution is 7.22. The maximum absolute atomic E-state index is 9.92. The average Bonchev–Trinajstić information content (AvgIpc) is 2.80. The molecule has 0 atom stereocenters. The molecule has 0 amide bonds. The van der Waals surface area contributed by atoms with E-state index < -0.39 is 0 Å². The van der Waals surface area contributed by atoms with Gasteiger partial charge in [-0.1, -0.05) is 35.3 Å². The molecule has 3 aromatic rings. The lowest BCUT2D eigenvalue weighted by atomic mass is 10.1. The van der Waals surface area contributed by atoms with Crippen LogP contribution in [-0.2, 0) is 6.42 Å². The van der Waals surface area contributed by atoms with E-state index in [1.807, 2.05) is 30.3 Å². The number of nitrogen functional groups attached to an aromatic ring is 2. The van der Waals surface area contributed by atoms with E-state index in [1.165, 1.54) is 11.3 Å². The molecule has 4 nitrogen and oxygen atoms in total. The third kappa shape index (κ3) is 2.91. The highest BCUT2D eigenvalue weighted by Crippen LogP contribution is 2.31. The fraction of sp³-hybridized carbons (Fsp3) is 0.0625. The quantitative estimate of drug-likeness (QED) is 0.476. The van der Waals surface area contributed by atoms with Crippen LogP contribution in [0.25, 0.3) is 10.2 Å². The zero-order valence-electron chi connectivity index (χ0n) is 11.1. The van der Waals surface area contributed by atoms with Crippen molar-refractivity contribution in [3.05, 3.63) is 47.5 Å². The molecular weight excluding hydrogens is 282 g/mol. The number of rotatable bonds is 1. The average molecular weight is 295 g/mol. The van der Waals surface area contributed by atoms with Gasteiger partial charge in [-0.15, -0.1) is 0 Å². The van der Waals surface area contributed by atoms with Gasteiger partial charge in [0.2, 0.25) is 0 Å². The van der Waals surface area contributed by atoms with E-state index >= 15 is 0 Å². The minimum Gasteiger partial charge on any atom is -0.506 e. The number of benzene rings is 2. The lowest BCUT2D eigenvalue weighted by Gasteiger charge is -1.97. The van der Waals surface area contributed by atoms with Gasteiger partial charge in [0.1, 0.15) is 11.3 Å². The van der Waals surface area contributed by atoms with E-state index in [9.17, 15) is 5.11 Å². The zero-order valence-corrected chi connectivity index (χ0v) is 11.9. The van der Waals surface area contributed by atoms with Gasteiger partial charge in [-0.05, 0) is 29.8 Å². The summed E-state index contributed by atoms with van der Waals surface area (Å²) in [5.41, 5.74) is 14.4. The lowest BCUT2D eigenvalue weighted by molar-refractivity contribution is 0.480. The van der Waals surface area contributed by atoms with Gasteiger partial charge in [-0.25, -0.2) is 4.98 Å². The Balaban J connectivity index is 1.87. The third-order valence-electron chi connectivity index (χ3n) is 2.97. The number of hydrogen-bond acceptors (Lipinski definition) is 5. The first-order valence-corrected chi connectivity index (χ1v) is 7.16. The predicted octanol–water partition coefficient (Wildman–Crippen LogP) is 2.76. The molecule has 1 heterocycles. The standard InChI is InChI=1S/C16H13N3OS/c17-12-6-2-4-10(7-12)3-1-5-11-8-13(20)15-14(9-11)21-16(18)19-15/h2,4,6-9,20H,3,17H2,(H2,18,19). The third-order valence-corrected chi connectivity index (χ3v) is 3.80. The van der Waals surface area contributed by atoms with Crippen molar-refractivity contribution in [1.29, 1.82) is 0 Å². The Kier molecular flexibility index (Phi) is 3.38. The molecule has 2 aromatic carbocycles. The Hall–Kier alpha value is -2.71. The topological polar surface area (TPSA) is 85.2 Å². The van der Waals surface area contributed by atoms with Crippen LogP contribution in [-0.4, -0.2) is 10.1 Å². The van der Waals surface area contributed by atoms with Gasteiger partial charge in [-0.2, -0.15) is 0 Å². The molecule has 0 fully saturated rings. The highest BCUT2D eigenvalue weighted by Gasteiger charge is 2.07. The molecule has 0 unspecified atom stereocenters. The number of aromatic hydroxyl groups is 1. The first-order valence-electron chi connectivity index (χ1n) is 6.34. The van der Waals surface area contributed by atoms with Gasteiger partial charge in [0.25, 0.3) is 0 Å². The summed E-state index contributed by atoms with van der Waals surface area (Å²) in [5, 5.41) is 10.4. The van der Waals surface area contributed by atoms with Crippen molar-refractivity contribution in [3.8, 4) is 17.6 Å². The number of phenols is 1. The Morgan fingerprint density at radius 1 is 1.19 bits per heavy atom. The first-order chi connectivity index (χ1) is 10.1. The van der Waals surface area contributed by atoms with Crippen LogP contribution < -0.4 is 11.5 Å². The number of hydrogen-bond donors (Lipinski definition) is 3. The van der Waals surface area contributed by atoms with Crippen LogP contribution >= 0.6 is 11.3 Å². The molecule has 3 rings (SSSR count). The van der Waals surface area contributed by atoms with Crippen LogP contribution in [0.2, 0.25) is 0 Å². The molecule has 5 N–H and O–H groups in total. The smallest absolute Gasteiger partial charge is 0.181 e. The summed E-state index contributed by atoms with van der Waals surface area (Å²) in [4.78, 5) is 4.08. The van der Waals surface area contributed by atoms with E-state index in [4.69, 9.17) is 11.5 Å². The van der Waals surface area contributed by atoms with E-state index in [0.717, 1.165) is 21.5 Å². The van der Waals surface area contributed by atoms with Gasteiger partial charge in [0.05, 0.1) is 4.70 Å². The zero-order chi connectivity index (χ0) is 14.8. The Bertz CT molecular complexity index is 874. The van der Waals surface area contributed by atoms with Gasteiger partial charge in [0, 0.05) is 17.7 Å². The van der Waals surface area contributed by atoms with Gasteiger partial charge < -0.3 is 16.6 Å². The molecular formula is C16H13N3OS. The normalized spacial score (nSPS) is 10.3. The maximum atomic E-state index is 9.92. The Morgan fingerprint density at radius 3 is 2.86 bits per heavy atom. The largest absolute Gasteiger partial charge is 0.506 e. The number of phenolic OH excluding ortho intramolecular Hbond substituents is 1. The van der Waals surface area contributed by atoms with Crippen molar-refractivity contribution in [2.75, 3.05) is 11.5 Å². The summed E-state index contributed by atoms with van der Waals surface area (Å²) in [6.45, 7) is 0. The maximum Gasteiger partial charge on any atom is 0.181 e. The number of anilines is 2. The Labute approximate surface area is 126 Å². The lowest BCUT2D eigenvalue weighted by Crippen LogP contribution is -1.87. The fourth-order valence-electron chi connectivity index (χ4n) is 2.05. The molecule has 0 aliphatic carbocycles. The SMILES string of the molecule is Nc1cccc(CC#Cc2cc(O)c3nc(N)sc3c2)c1. The number of thiazole rings is 1. The second kappa shape index (κ2) is 5.35. The van der Waals surface area contributed by atoms with Crippen molar-refractivity contribution in [3.63, 3.8) is 0 Å². The van der Waals surface area contributed by atoms with Crippen LogP contribution in [0.4, 0.5) is 10.8 Å². The van der Waals surface area contributed by atoms with Gasteiger partial charge in [0.15, 0.2) is 5.13 Å². The van der Waals surface area contributed by atoms with Crippen molar-refractivity contribution >= 4 is 32.4 Å². The first kappa shape index (κ1) is 13.3. The second-order valence-corrected chi connectivity index (χ2v) is 5.68. The van der Waals surface area contributed by atoms with Crippen molar-refractivity contribution < 1.29 is 5.11 Å². The summed E-state index contributed by atoms with van der Waals surface area (Å²) in [7, 11) is 0. The van der Waals surface area contributed by atoms with Crippen molar-refractivity contribution in [2.24, 2.45) is 0 Å². The minimum atomic E-state index is 0.105. The Morgan fingerprint density at radius 2 is 2.05 bits per heavy atom. The fourth-order valence-corrected chi connectivity index (χ4v) is 2.85. The number of nitrogens with two attached hydrogens (primary N) is 2. The van der Waals surface area contributed by atoms with Gasteiger partial charge in [-0.3, -0.25) is 0 Å².